The molecule has 4 nitrogen and oxygen atoms in total. The SMILES string of the molecule is CC1CCC(CC2CCC(N)C(C)C2)CC1C.CCCCC(C)N.NC1CCC(CC2CCC(N)CC2)CC1. The van der Waals surface area contributed by atoms with Crippen molar-refractivity contribution in [2.45, 2.75) is 181 Å². The molecule has 232 valence electrons. The number of hydrogen-bond acceptors (Lipinski definition) is 4. The number of rotatable bonds is 7. The lowest BCUT2D eigenvalue weighted by Crippen LogP contribution is -2.35. The van der Waals surface area contributed by atoms with Gasteiger partial charge in [0.2, 0.25) is 0 Å². The fourth-order valence-electron chi connectivity index (χ4n) is 7.94. The van der Waals surface area contributed by atoms with E-state index >= 15 is 0 Å². The summed E-state index contributed by atoms with van der Waals surface area (Å²) in [6.45, 7) is 11.5. The van der Waals surface area contributed by atoms with Gasteiger partial charge in [0.1, 0.15) is 0 Å². The molecule has 0 aromatic carbocycles. The van der Waals surface area contributed by atoms with Gasteiger partial charge in [0.15, 0.2) is 0 Å². The first kappa shape index (κ1) is 35.0. The van der Waals surface area contributed by atoms with E-state index in [1.54, 1.807) is 0 Å². The van der Waals surface area contributed by atoms with Gasteiger partial charge in [-0.05, 0) is 145 Å². The first-order valence-corrected chi connectivity index (χ1v) is 17.6. The van der Waals surface area contributed by atoms with Crippen LogP contribution in [-0.4, -0.2) is 24.2 Å². The van der Waals surface area contributed by atoms with Crippen LogP contribution in [0.4, 0.5) is 0 Å². The fraction of sp³-hybridized carbons (Fsp3) is 1.00. The summed E-state index contributed by atoms with van der Waals surface area (Å²) in [4.78, 5) is 0. The van der Waals surface area contributed by atoms with Gasteiger partial charge >= 0.3 is 0 Å². The zero-order valence-corrected chi connectivity index (χ0v) is 27.1. The predicted octanol–water partition coefficient (Wildman–Crippen LogP) is 8.15. The van der Waals surface area contributed by atoms with Gasteiger partial charge in [-0.1, -0.05) is 53.4 Å². The van der Waals surface area contributed by atoms with Crippen molar-refractivity contribution in [2.75, 3.05) is 0 Å². The molecule has 0 radical (unpaired) electrons. The van der Waals surface area contributed by atoms with Crippen LogP contribution in [0.2, 0.25) is 0 Å². The summed E-state index contributed by atoms with van der Waals surface area (Å²) in [5.41, 5.74) is 23.5. The van der Waals surface area contributed by atoms with Crippen molar-refractivity contribution in [1.29, 1.82) is 0 Å². The van der Waals surface area contributed by atoms with Crippen molar-refractivity contribution in [3.63, 3.8) is 0 Å². The standard InChI is InChI=1S/C16H31N.C13H26N2.C6H15N/c1-11-4-5-14(8-12(11)2)10-15-6-7-16(17)13(3)9-15;14-12-5-1-10(2-6-12)9-11-3-7-13(15)8-4-11;1-3-4-5-6(2)7/h11-16H,4-10,17H2,1-3H3;10-13H,1-9,14-15H2;6H,3-5,7H2,1-2H3. The molecule has 39 heavy (non-hydrogen) atoms. The molecule has 0 spiro atoms. The Labute approximate surface area is 244 Å². The molecule has 4 saturated carbocycles. The molecule has 0 bridgehead atoms. The smallest absolute Gasteiger partial charge is 0.00647 e. The van der Waals surface area contributed by atoms with Crippen LogP contribution in [0.1, 0.15) is 157 Å². The van der Waals surface area contributed by atoms with E-state index in [1.165, 1.54) is 122 Å². The van der Waals surface area contributed by atoms with E-state index in [9.17, 15) is 0 Å². The number of nitrogens with two attached hydrogens (primary N) is 4. The van der Waals surface area contributed by atoms with E-state index in [2.05, 4.69) is 34.6 Å². The molecule has 0 amide bonds. The molecule has 4 rings (SSSR count). The maximum atomic E-state index is 6.11. The van der Waals surface area contributed by atoms with Gasteiger partial charge in [0.25, 0.3) is 0 Å². The highest BCUT2D eigenvalue weighted by molar-refractivity contribution is 4.84. The largest absolute Gasteiger partial charge is 0.328 e. The third-order valence-corrected chi connectivity index (χ3v) is 11.2. The van der Waals surface area contributed by atoms with Gasteiger partial charge in [-0.15, -0.1) is 0 Å². The maximum Gasteiger partial charge on any atom is 0.00647 e. The van der Waals surface area contributed by atoms with Crippen LogP contribution in [0, 0.1) is 41.4 Å². The maximum absolute atomic E-state index is 6.11. The van der Waals surface area contributed by atoms with Gasteiger partial charge in [0.05, 0.1) is 0 Å². The fourth-order valence-corrected chi connectivity index (χ4v) is 7.94. The highest BCUT2D eigenvalue weighted by Gasteiger charge is 2.30. The lowest BCUT2D eigenvalue weighted by molar-refractivity contribution is 0.152. The molecule has 8 N–H and O–H groups in total. The molecule has 7 atom stereocenters. The topological polar surface area (TPSA) is 104 Å². The number of unbranched alkanes of at least 4 members (excludes halogenated alkanes) is 1. The van der Waals surface area contributed by atoms with Crippen molar-refractivity contribution in [3.8, 4) is 0 Å². The van der Waals surface area contributed by atoms with Crippen molar-refractivity contribution in [3.05, 3.63) is 0 Å². The highest BCUT2D eigenvalue weighted by atomic mass is 14.7. The molecule has 4 aliphatic carbocycles. The Morgan fingerprint density at radius 2 is 1.00 bits per heavy atom. The summed E-state index contributed by atoms with van der Waals surface area (Å²) < 4.78 is 0. The van der Waals surface area contributed by atoms with Crippen LogP contribution in [0.15, 0.2) is 0 Å². The summed E-state index contributed by atoms with van der Waals surface area (Å²) >= 11 is 0. The first-order valence-electron chi connectivity index (χ1n) is 17.6. The van der Waals surface area contributed by atoms with Gasteiger partial charge in [-0.2, -0.15) is 0 Å². The molecule has 4 heteroatoms. The summed E-state index contributed by atoms with van der Waals surface area (Å²) in [5.74, 6) is 6.63. The van der Waals surface area contributed by atoms with Crippen molar-refractivity contribution in [1.82, 2.24) is 0 Å². The summed E-state index contributed by atoms with van der Waals surface area (Å²) in [6, 6.07) is 1.89. The summed E-state index contributed by atoms with van der Waals surface area (Å²) in [5, 5.41) is 0. The Morgan fingerprint density at radius 1 is 0.564 bits per heavy atom. The minimum Gasteiger partial charge on any atom is -0.328 e. The first-order chi connectivity index (χ1) is 18.6. The third-order valence-electron chi connectivity index (χ3n) is 11.2. The van der Waals surface area contributed by atoms with Crippen LogP contribution >= 0.6 is 0 Å². The highest BCUT2D eigenvalue weighted by Crippen LogP contribution is 2.40. The molecule has 0 heterocycles. The van der Waals surface area contributed by atoms with Crippen LogP contribution < -0.4 is 22.9 Å². The summed E-state index contributed by atoms with van der Waals surface area (Å²) in [6.07, 6.45) is 25.7. The Hall–Kier alpha value is -0.160. The monoisotopic (exact) mass is 549 g/mol. The van der Waals surface area contributed by atoms with E-state index in [0.717, 1.165) is 41.4 Å². The Morgan fingerprint density at radius 3 is 1.41 bits per heavy atom. The molecule has 4 aliphatic rings. The normalized spacial score (nSPS) is 39.9. The number of hydrogen-bond donors (Lipinski definition) is 4. The lowest BCUT2D eigenvalue weighted by Gasteiger charge is -2.37. The average Bonchev–Trinajstić information content (AvgIpc) is 2.90. The quantitative estimate of drug-likeness (QED) is 0.258. The molecular weight excluding hydrogens is 476 g/mol. The van der Waals surface area contributed by atoms with Crippen LogP contribution in [0.25, 0.3) is 0 Å². The van der Waals surface area contributed by atoms with E-state index in [-0.39, 0.29) is 0 Å². The minimum atomic E-state index is 0.403. The average molecular weight is 549 g/mol. The van der Waals surface area contributed by atoms with Crippen molar-refractivity contribution in [2.24, 2.45) is 64.4 Å². The third kappa shape index (κ3) is 14.5. The molecule has 0 aromatic heterocycles. The minimum absolute atomic E-state index is 0.403. The van der Waals surface area contributed by atoms with Crippen LogP contribution in [0.5, 0.6) is 0 Å². The van der Waals surface area contributed by atoms with Gasteiger partial charge in [-0.3, -0.25) is 0 Å². The predicted molar refractivity (Wildman–Crippen MR) is 172 cm³/mol. The molecule has 7 unspecified atom stereocenters. The zero-order valence-electron chi connectivity index (χ0n) is 27.1. The molecular formula is C35H72N4. The molecule has 0 aliphatic heterocycles. The van der Waals surface area contributed by atoms with E-state index < -0.39 is 0 Å². The van der Waals surface area contributed by atoms with Gasteiger partial charge in [0, 0.05) is 24.2 Å². The lowest BCUT2D eigenvalue weighted by atomic mass is 9.69. The van der Waals surface area contributed by atoms with Crippen LogP contribution in [-0.2, 0) is 0 Å². The molecule has 0 saturated heterocycles. The van der Waals surface area contributed by atoms with E-state index in [0.29, 0.717) is 24.2 Å². The van der Waals surface area contributed by atoms with E-state index in [4.69, 9.17) is 22.9 Å². The zero-order chi connectivity index (χ0) is 28.8. The Bertz CT molecular complexity index is 549. The Balaban J connectivity index is 0.000000223. The van der Waals surface area contributed by atoms with E-state index in [1.807, 2.05) is 0 Å². The summed E-state index contributed by atoms with van der Waals surface area (Å²) in [7, 11) is 0. The van der Waals surface area contributed by atoms with Gasteiger partial charge < -0.3 is 22.9 Å². The molecule has 4 fully saturated rings. The van der Waals surface area contributed by atoms with Gasteiger partial charge in [-0.25, -0.2) is 0 Å². The van der Waals surface area contributed by atoms with Crippen LogP contribution in [0.3, 0.4) is 0 Å². The second-order valence-corrected chi connectivity index (χ2v) is 15.1. The molecule has 0 aromatic rings. The Kier molecular flexibility index (Phi) is 17.2. The second-order valence-electron chi connectivity index (χ2n) is 15.1. The second kappa shape index (κ2) is 19.1. The van der Waals surface area contributed by atoms with Crippen molar-refractivity contribution < 1.29 is 0 Å². The van der Waals surface area contributed by atoms with Crippen molar-refractivity contribution >= 4 is 0 Å².